The Bertz CT molecular complexity index is 315. The molecule has 0 amide bonds. The molecule has 0 aliphatic carbocycles. The molecule has 1 unspecified atom stereocenters. The molecule has 0 radical (unpaired) electrons. The van der Waals surface area contributed by atoms with E-state index >= 15 is 0 Å². The number of hydrogen-bond donors (Lipinski definition) is 1. The number of aromatic nitrogens is 1. The Kier molecular flexibility index (Phi) is 6.45. The molecular formula is C14H24N2O. The molecule has 17 heavy (non-hydrogen) atoms. The molecule has 1 aromatic rings. The van der Waals surface area contributed by atoms with E-state index in [9.17, 15) is 0 Å². The van der Waals surface area contributed by atoms with Crippen LogP contribution in [-0.2, 0) is 0 Å². The number of ether oxygens (including phenoxy) is 1. The molecule has 1 atom stereocenters. The van der Waals surface area contributed by atoms with E-state index in [0.29, 0.717) is 5.92 Å². The fourth-order valence-electron chi connectivity index (χ4n) is 1.75. The van der Waals surface area contributed by atoms with Crippen LogP contribution in [0.4, 0.5) is 5.69 Å². The summed E-state index contributed by atoms with van der Waals surface area (Å²) in [6.45, 7) is 5.26. The second kappa shape index (κ2) is 7.93. The lowest BCUT2D eigenvalue weighted by Crippen LogP contribution is -2.11. The molecule has 0 spiro atoms. The largest absolute Gasteiger partial charge is 0.492 e. The van der Waals surface area contributed by atoms with Gasteiger partial charge in [-0.15, -0.1) is 0 Å². The van der Waals surface area contributed by atoms with Crippen molar-refractivity contribution >= 4 is 5.69 Å². The first-order valence-electron chi connectivity index (χ1n) is 6.55. The predicted octanol–water partition coefficient (Wildman–Crippen LogP) is 3.72. The van der Waals surface area contributed by atoms with Crippen LogP contribution >= 0.6 is 0 Å². The maximum Gasteiger partial charge on any atom is 0.139 e. The zero-order valence-electron chi connectivity index (χ0n) is 11.2. The molecule has 3 heteroatoms. The quantitative estimate of drug-likeness (QED) is 0.747. The van der Waals surface area contributed by atoms with Gasteiger partial charge in [-0.05, 0) is 12.3 Å². The van der Waals surface area contributed by atoms with E-state index in [0.717, 1.165) is 18.0 Å². The summed E-state index contributed by atoms with van der Waals surface area (Å²) >= 11 is 0. The van der Waals surface area contributed by atoms with E-state index in [1.165, 1.54) is 25.7 Å². The van der Waals surface area contributed by atoms with Gasteiger partial charge in [0.05, 0.1) is 24.7 Å². The second-order valence-electron chi connectivity index (χ2n) is 4.39. The first-order chi connectivity index (χ1) is 8.30. The van der Waals surface area contributed by atoms with E-state index in [-0.39, 0.29) is 0 Å². The average molecular weight is 236 g/mol. The van der Waals surface area contributed by atoms with E-state index in [4.69, 9.17) is 4.74 Å². The molecular weight excluding hydrogens is 212 g/mol. The van der Waals surface area contributed by atoms with Crippen LogP contribution in [0.3, 0.4) is 0 Å². The average Bonchev–Trinajstić information content (AvgIpc) is 2.39. The number of unbranched alkanes of at least 4 members (excludes halogenated alkanes) is 1. The molecule has 0 aliphatic rings. The van der Waals surface area contributed by atoms with Gasteiger partial charge in [-0.2, -0.15) is 0 Å². The molecule has 1 aromatic heterocycles. The van der Waals surface area contributed by atoms with Gasteiger partial charge in [-0.3, -0.25) is 4.98 Å². The van der Waals surface area contributed by atoms with Crippen molar-refractivity contribution < 1.29 is 4.74 Å². The van der Waals surface area contributed by atoms with E-state index in [1.54, 1.807) is 12.4 Å². The van der Waals surface area contributed by atoms with Crippen LogP contribution in [0.15, 0.2) is 18.5 Å². The second-order valence-corrected chi connectivity index (χ2v) is 4.39. The van der Waals surface area contributed by atoms with Crippen molar-refractivity contribution in [2.75, 3.05) is 19.0 Å². The lowest BCUT2D eigenvalue weighted by molar-refractivity contribution is 0.233. The summed E-state index contributed by atoms with van der Waals surface area (Å²) in [7, 11) is 1.89. The van der Waals surface area contributed by atoms with Crippen molar-refractivity contribution in [3.63, 3.8) is 0 Å². The van der Waals surface area contributed by atoms with Crippen molar-refractivity contribution in [1.82, 2.24) is 4.98 Å². The summed E-state index contributed by atoms with van der Waals surface area (Å²) in [5.74, 6) is 1.51. The monoisotopic (exact) mass is 236 g/mol. The Morgan fingerprint density at radius 2 is 2.18 bits per heavy atom. The zero-order valence-corrected chi connectivity index (χ0v) is 11.2. The molecule has 0 saturated carbocycles. The number of nitrogens with zero attached hydrogens (tertiary/aromatic N) is 1. The third-order valence-electron chi connectivity index (χ3n) is 3.03. The van der Waals surface area contributed by atoms with Gasteiger partial charge in [-0.1, -0.05) is 33.1 Å². The maximum atomic E-state index is 5.80. The van der Waals surface area contributed by atoms with Gasteiger partial charge >= 0.3 is 0 Å². The van der Waals surface area contributed by atoms with E-state index < -0.39 is 0 Å². The van der Waals surface area contributed by atoms with Crippen molar-refractivity contribution in [3.8, 4) is 5.75 Å². The van der Waals surface area contributed by atoms with Gasteiger partial charge in [0, 0.05) is 13.1 Å². The number of hydrogen-bond acceptors (Lipinski definition) is 3. The Morgan fingerprint density at radius 1 is 1.35 bits per heavy atom. The number of anilines is 1. The molecule has 1 heterocycles. The van der Waals surface area contributed by atoms with Crippen LogP contribution in [0.5, 0.6) is 5.75 Å². The minimum absolute atomic E-state index is 0.660. The lowest BCUT2D eigenvalue weighted by atomic mass is 10.0. The van der Waals surface area contributed by atoms with Crippen LogP contribution in [0.1, 0.15) is 39.5 Å². The zero-order chi connectivity index (χ0) is 12.5. The molecule has 1 rings (SSSR count). The molecule has 0 bridgehead atoms. The highest BCUT2D eigenvalue weighted by atomic mass is 16.5. The molecule has 96 valence electrons. The summed E-state index contributed by atoms with van der Waals surface area (Å²) < 4.78 is 5.80. The van der Waals surface area contributed by atoms with Gasteiger partial charge in [0.2, 0.25) is 0 Å². The number of pyridine rings is 1. The van der Waals surface area contributed by atoms with Gasteiger partial charge in [0.1, 0.15) is 5.75 Å². The highest BCUT2D eigenvalue weighted by molar-refractivity contribution is 5.44. The number of nitrogens with one attached hydrogen (secondary N) is 1. The SMILES string of the molecule is CCCCC(CC)COc1cncc(NC)c1. The molecule has 0 aliphatic heterocycles. The van der Waals surface area contributed by atoms with E-state index in [2.05, 4.69) is 24.1 Å². The summed E-state index contributed by atoms with van der Waals surface area (Å²) in [5.41, 5.74) is 0.990. The normalized spacial score (nSPS) is 12.2. The number of rotatable bonds is 8. The molecule has 0 saturated heterocycles. The molecule has 3 nitrogen and oxygen atoms in total. The maximum absolute atomic E-state index is 5.80. The fraction of sp³-hybridized carbons (Fsp3) is 0.643. The topological polar surface area (TPSA) is 34.1 Å². The van der Waals surface area contributed by atoms with Crippen LogP contribution in [0.2, 0.25) is 0 Å². The Balaban J connectivity index is 2.41. The van der Waals surface area contributed by atoms with Crippen molar-refractivity contribution in [2.24, 2.45) is 5.92 Å². The highest BCUT2D eigenvalue weighted by Gasteiger charge is 2.07. The minimum atomic E-state index is 0.660. The van der Waals surface area contributed by atoms with Crippen molar-refractivity contribution in [1.29, 1.82) is 0 Å². The lowest BCUT2D eigenvalue weighted by Gasteiger charge is -2.15. The third-order valence-corrected chi connectivity index (χ3v) is 3.03. The summed E-state index contributed by atoms with van der Waals surface area (Å²) in [6, 6.07) is 1.99. The summed E-state index contributed by atoms with van der Waals surface area (Å²) in [4.78, 5) is 4.13. The van der Waals surface area contributed by atoms with Crippen LogP contribution in [-0.4, -0.2) is 18.6 Å². The Morgan fingerprint density at radius 3 is 2.82 bits per heavy atom. The van der Waals surface area contributed by atoms with Crippen LogP contribution < -0.4 is 10.1 Å². The first-order valence-corrected chi connectivity index (χ1v) is 6.55. The standard InChI is InChI=1S/C14H24N2O/c1-4-6-7-12(5-2)11-17-14-8-13(15-3)9-16-10-14/h8-10,12,15H,4-7,11H2,1-3H3. The third kappa shape index (κ3) is 5.07. The summed E-state index contributed by atoms with van der Waals surface area (Å²) in [6.07, 6.45) is 8.55. The van der Waals surface area contributed by atoms with Crippen molar-refractivity contribution in [2.45, 2.75) is 39.5 Å². The van der Waals surface area contributed by atoms with Gasteiger partial charge in [-0.25, -0.2) is 0 Å². The van der Waals surface area contributed by atoms with Crippen LogP contribution in [0, 0.1) is 5.92 Å². The molecule has 1 N–H and O–H groups in total. The first kappa shape index (κ1) is 13.8. The van der Waals surface area contributed by atoms with Gasteiger partial charge < -0.3 is 10.1 Å². The predicted molar refractivity (Wildman–Crippen MR) is 72.6 cm³/mol. The Hall–Kier alpha value is -1.25. The smallest absolute Gasteiger partial charge is 0.139 e. The van der Waals surface area contributed by atoms with Crippen LogP contribution in [0.25, 0.3) is 0 Å². The molecule has 0 aromatic carbocycles. The Labute approximate surface area is 105 Å². The highest BCUT2D eigenvalue weighted by Crippen LogP contribution is 2.18. The fourth-order valence-corrected chi connectivity index (χ4v) is 1.75. The molecule has 0 fully saturated rings. The minimum Gasteiger partial charge on any atom is -0.492 e. The summed E-state index contributed by atoms with van der Waals surface area (Å²) in [5, 5.41) is 3.06. The van der Waals surface area contributed by atoms with Gasteiger partial charge in [0.25, 0.3) is 0 Å². The van der Waals surface area contributed by atoms with E-state index in [1.807, 2.05) is 13.1 Å². The van der Waals surface area contributed by atoms with Crippen molar-refractivity contribution in [3.05, 3.63) is 18.5 Å². The van der Waals surface area contributed by atoms with Gasteiger partial charge in [0.15, 0.2) is 0 Å².